The van der Waals surface area contributed by atoms with E-state index in [4.69, 9.17) is 10.5 Å². The van der Waals surface area contributed by atoms with Gasteiger partial charge in [-0.15, -0.1) is 0 Å². The molecule has 1 amide bonds. The van der Waals surface area contributed by atoms with Crippen molar-refractivity contribution in [2.24, 2.45) is 5.73 Å². The molecule has 5 nitrogen and oxygen atoms in total. The molecule has 0 radical (unpaired) electrons. The van der Waals surface area contributed by atoms with Crippen LogP contribution in [0.25, 0.3) is 0 Å². The van der Waals surface area contributed by atoms with E-state index < -0.39 is 18.0 Å². The van der Waals surface area contributed by atoms with Gasteiger partial charge in [0, 0.05) is 0 Å². The van der Waals surface area contributed by atoms with E-state index in [1.54, 1.807) is 13.0 Å². The second kappa shape index (κ2) is 4.65. The molecule has 0 bridgehead atoms. The zero-order valence-corrected chi connectivity index (χ0v) is 9.06. The number of ether oxygens (including phenoxy) is 1. The highest BCUT2D eigenvalue weighted by Gasteiger charge is 2.18. The number of amides is 1. The van der Waals surface area contributed by atoms with Gasteiger partial charge in [0.05, 0.1) is 0 Å². The van der Waals surface area contributed by atoms with Gasteiger partial charge in [-0.05, 0) is 26.0 Å². The summed E-state index contributed by atoms with van der Waals surface area (Å²) in [5.41, 5.74) is 5.78. The minimum atomic E-state index is -1.02. The summed E-state index contributed by atoms with van der Waals surface area (Å²) in [6.45, 7) is 3.14. The molecule has 0 aliphatic carbocycles. The number of primary amides is 1. The molecule has 1 rings (SSSR count). The van der Waals surface area contributed by atoms with Crippen molar-refractivity contribution >= 4 is 11.9 Å². The molecule has 1 aromatic rings. The lowest BCUT2D eigenvalue weighted by Gasteiger charge is -2.10. The first-order chi connectivity index (χ1) is 7.41. The second-order valence-corrected chi connectivity index (χ2v) is 3.47. The van der Waals surface area contributed by atoms with E-state index in [1.807, 2.05) is 0 Å². The van der Waals surface area contributed by atoms with E-state index in [9.17, 15) is 14.7 Å². The average molecular weight is 223 g/mol. The zero-order valence-electron chi connectivity index (χ0n) is 9.06. The lowest BCUT2D eigenvalue weighted by Crippen LogP contribution is -2.30. The third-order valence-corrected chi connectivity index (χ3v) is 2.06. The Labute approximate surface area is 92.8 Å². The first-order valence-corrected chi connectivity index (χ1v) is 4.71. The Bertz CT molecular complexity index is 428. The first kappa shape index (κ1) is 12.0. The predicted octanol–water partition coefficient (Wildman–Crippen LogP) is 0.731. The standard InChI is InChI=1S/C11H13NO4/c1-6-3-4-9(13)8(5-6)11(15)16-7(2)10(12)14/h3-5,7,13H,1-2H3,(H2,12,14)/t7-/m0/s1. The summed E-state index contributed by atoms with van der Waals surface area (Å²) in [6, 6.07) is 4.52. The van der Waals surface area contributed by atoms with Gasteiger partial charge in [-0.3, -0.25) is 4.79 Å². The van der Waals surface area contributed by atoms with Crippen LogP contribution in [0.1, 0.15) is 22.8 Å². The fraction of sp³-hybridized carbons (Fsp3) is 0.273. The lowest BCUT2D eigenvalue weighted by atomic mass is 10.1. The van der Waals surface area contributed by atoms with Gasteiger partial charge < -0.3 is 15.6 Å². The Morgan fingerprint density at radius 3 is 2.62 bits per heavy atom. The number of hydrogen-bond acceptors (Lipinski definition) is 4. The predicted molar refractivity (Wildman–Crippen MR) is 56.9 cm³/mol. The highest BCUT2D eigenvalue weighted by atomic mass is 16.5. The molecule has 1 aromatic carbocycles. The number of rotatable bonds is 3. The number of esters is 1. The molecule has 0 heterocycles. The molecule has 1 atom stereocenters. The van der Waals surface area contributed by atoms with Crippen LogP contribution in [0.15, 0.2) is 18.2 Å². The molecule has 0 saturated heterocycles. The molecule has 5 heteroatoms. The fourth-order valence-corrected chi connectivity index (χ4v) is 1.10. The van der Waals surface area contributed by atoms with Crippen LogP contribution in [0.5, 0.6) is 5.75 Å². The number of carbonyl (C=O) groups excluding carboxylic acids is 2. The average Bonchev–Trinajstić information content (AvgIpc) is 2.21. The van der Waals surface area contributed by atoms with Gasteiger partial charge >= 0.3 is 5.97 Å². The summed E-state index contributed by atoms with van der Waals surface area (Å²) < 4.78 is 4.76. The normalized spacial score (nSPS) is 11.9. The fourth-order valence-electron chi connectivity index (χ4n) is 1.10. The van der Waals surface area contributed by atoms with Crippen molar-refractivity contribution in [2.75, 3.05) is 0 Å². The molecule has 0 aliphatic rings. The van der Waals surface area contributed by atoms with Crippen molar-refractivity contribution in [3.8, 4) is 5.75 Å². The monoisotopic (exact) mass is 223 g/mol. The van der Waals surface area contributed by atoms with E-state index in [1.165, 1.54) is 19.1 Å². The van der Waals surface area contributed by atoms with E-state index >= 15 is 0 Å². The van der Waals surface area contributed by atoms with Gasteiger partial charge in [0.1, 0.15) is 11.3 Å². The van der Waals surface area contributed by atoms with Gasteiger partial charge in [-0.2, -0.15) is 0 Å². The number of carbonyl (C=O) groups is 2. The van der Waals surface area contributed by atoms with Gasteiger partial charge in [-0.25, -0.2) is 4.79 Å². The quantitative estimate of drug-likeness (QED) is 0.739. The third-order valence-electron chi connectivity index (χ3n) is 2.06. The number of hydrogen-bond donors (Lipinski definition) is 2. The Hall–Kier alpha value is -2.04. The van der Waals surface area contributed by atoms with E-state index in [0.717, 1.165) is 5.56 Å². The SMILES string of the molecule is Cc1ccc(O)c(C(=O)O[C@@H](C)C(N)=O)c1. The Morgan fingerprint density at radius 1 is 1.44 bits per heavy atom. The second-order valence-electron chi connectivity index (χ2n) is 3.47. The molecule has 0 aliphatic heterocycles. The van der Waals surface area contributed by atoms with Gasteiger partial charge in [0.15, 0.2) is 6.10 Å². The molecule has 0 unspecified atom stereocenters. The van der Waals surface area contributed by atoms with Crippen LogP contribution in [-0.2, 0) is 9.53 Å². The number of nitrogens with two attached hydrogens (primary N) is 1. The van der Waals surface area contributed by atoms with Gasteiger partial charge in [0.2, 0.25) is 0 Å². The summed E-state index contributed by atoms with van der Waals surface area (Å²) in [5.74, 6) is -1.69. The van der Waals surface area contributed by atoms with Crippen molar-refractivity contribution in [3.05, 3.63) is 29.3 Å². The lowest BCUT2D eigenvalue weighted by molar-refractivity contribution is -0.125. The largest absolute Gasteiger partial charge is 0.507 e. The van der Waals surface area contributed by atoms with Crippen molar-refractivity contribution < 1.29 is 19.4 Å². The number of phenolic OH excluding ortho intramolecular Hbond substituents is 1. The highest BCUT2D eigenvalue weighted by Crippen LogP contribution is 2.19. The summed E-state index contributed by atoms with van der Waals surface area (Å²) in [4.78, 5) is 22.2. The van der Waals surface area contributed by atoms with E-state index in [-0.39, 0.29) is 11.3 Å². The highest BCUT2D eigenvalue weighted by molar-refractivity contribution is 5.94. The van der Waals surface area contributed by atoms with Crippen molar-refractivity contribution in [1.29, 1.82) is 0 Å². The maximum absolute atomic E-state index is 11.5. The minimum absolute atomic E-state index is 0.0214. The van der Waals surface area contributed by atoms with Crippen LogP contribution in [0.2, 0.25) is 0 Å². The summed E-state index contributed by atoms with van der Waals surface area (Å²) in [7, 11) is 0. The number of phenols is 1. The molecule has 3 N–H and O–H groups in total. The summed E-state index contributed by atoms with van der Waals surface area (Å²) in [6.07, 6.45) is -1.02. The van der Waals surface area contributed by atoms with Crippen LogP contribution < -0.4 is 5.73 Å². The number of aromatic hydroxyl groups is 1. The molecule has 0 aromatic heterocycles. The zero-order chi connectivity index (χ0) is 12.3. The maximum atomic E-state index is 11.5. The molecule has 0 fully saturated rings. The molecule has 0 spiro atoms. The molecular weight excluding hydrogens is 210 g/mol. The van der Waals surface area contributed by atoms with Gasteiger partial charge in [0.25, 0.3) is 5.91 Å². The van der Waals surface area contributed by atoms with E-state index in [2.05, 4.69) is 0 Å². The van der Waals surface area contributed by atoms with Crippen LogP contribution in [-0.4, -0.2) is 23.1 Å². The number of aryl methyl sites for hydroxylation is 1. The maximum Gasteiger partial charge on any atom is 0.342 e. The molecule has 16 heavy (non-hydrogen) atoms. The van der Waals surface area contributed by atoms with Gasteiger partial charge in [-0.1, -0.05) is 11.6 Å². The van der Waals surface area contributed by atoms with Crippen molar-refractivity contribution in [1.82, 2.24) is 0 Å². The smallest absolute Gasteiger partial charge is 0.342 e. The van der Waals surface area contributed by atoms with Crippen LogP contribution in [0, 0.1) is 6.92 Å². The minimum Gasteiger partial charge on any atom is -0.507 e. The summed E-state index contributed by atoms with van der Waals surface area (Å²) in [5, 5.41) is 9.44. The summed E-state index contributed by atoms with van der Waals surface area (Å²) >= 11 is 0. The first-order valence-electron chi connectivity index (χ1n) is 4.71. The Morgan fingerprint density at radius 2 is 2.06 bits per heavy atom. The number of benzene rings is 1. The van der Waals surface area contributed by atoms with Crippen molar-refractivity contribution in [3.63, 3.8) is 0 Å². The van der Waals surface area contributed by atoms with E-state index in [0.29, 0.717) is 0 Å². The Balaban J connectivity index is 2.88. The van der Waals surface area contributed by atoms with Crippen LogP contribution >= 0.6 is 0 Å². The van der Waals surface area contributed by atoms with Crippen LogP contribution in [0.4, 0.5) is 0 Å². The molecular formula is C11H13NO4. The topological polar surface area (TPSA) is 89.6 Å². The van der Waals surface area contributed by atoms with Crippen LogP contribution in [0.3, 0.4) is 0 Å². The third kappa shape index (κ3) is 2.73. The molecule has 0 saturated carbocycles. The molecule has 86 valence electrons. The Kier molecular flexibility index (Phi) is 3.50. The van der Waals surface area contributed by atoms with Crippen molar-refractivity contribution in [2.45, 2.75) is 20.0 Å².